The summed E-state index contributed by atoms with van der Waals surface area (Å²) < 4.78 is 5.87. The Hall–Kier alpha value is -4.43. The normalized spacial score (nSPS) is 12.1. The molecular weight excluding hydrogens is 432 g/mol. The number of carbonyl (C=O) groups excluding carboxylic acids is 1. The van der Waals surface area contributed by atoms with Gasteiger partial charge in [-0.3, -0.25) is 24.6 Å². The summed E-state index contributed by atoms with van der Waals surface area (Å²) in [5.41, 5.74) is 2.70. The van der Waals surface area contributed by atoms with E-state index in [1.54, 1.807) is 29.4 Å². The number of ether oxygens (including phenoxy) is 1. The third-order valence-corrected chi connectivity index (χ3v) is 5.42. The molecule has 0 unspecified atom stereocenters. The number of phenols is 2. The first-order chi connectivity index (χ1) is 16.6. The van der Waals surface area contributed by atoms with Crippen LogP contribution >= 0.6 is 0 Å². The summed E-state index contributed by atoms with van der Waals surface area (Å²) in [5, 5.41) is 19.9. The summed E-state index contributed by atoms with van der Waals surface area (Å²) >= 11 is 0. The summed E-state index contributed by atoms with van der Waals surface area (Å²) in [5.74, 6) is 0.484. The number of hydrogen-bond donors (Lipinski definition) is 2. The topological polar surface area (TPSA) is 99.0 Å². The van der Waals surface area contributed by atoms with Crippen LogP contribution in [-0.2, 0) is 17.9 Å². The van der Waals surface area contributed by atoms with Gasteiger partial charge in [0, 0.05) is 37.6 Å². The number of benzene rings is 2. The average Bonchev–Trinajstić information content (AvgIpc) is 2.83. The van der Waals surface area contributed by atoms with Crippen LogP contribution in [0.5, 0.6) is 23.0 Å². The van der Waals surface area contributed by atoms with E-state index in [9.17, 15) is 15.0 Å². The van der Waals surface area contributed by atoms with Crippen molar-refractivity contribution in [2.24, 2.45) is 0 Å². The molecule has 0 atom stereocenters. The molecule has 1 amide bonds. The van der Waals surface area contributed by atoms with Gasteiger partial charge >= 0.3 is 0 Å². The van der Waals surface area contributed by atoms with Gasteiger partial charge in [-0.05, 0) is 48.5 Å². The van der Waals surface area contributed by atoms with Crippen LogP contribution in [0, 0.1) is 0 Å². The SMILES string of the molecule is O=C(CN(Cc1ccccn1)Cc1ccccn1)N1c2ccc(O)cc2Oc2cc(O)ccc21. The molecule has 5 rings (SSSR count). The van der Waals surface area contributed by atoms with Gasteiger partial charge in [-0.2, -0.15) is 0 Å². The number of amides is 1. The Morgan fingerprint density at radius 3 is 1.79 bits per heavy atom. The molecule has 0 aliphatic carbocycles. The van der Waals surface area contributed by atoms with Crippen LogP contribution in [0.25, 0.3) is 0 Å². The zero-order valence-electron chi connectivity index (χ0n) is 18.2. The smallest absolute Gasteiger partial charge is 0.245 e. The number of nitrogens with zero attached hydrogens (tertiary/aromatic N) is 4. The maximum absolute atomic E-state index is 13.7. The maximum atomic E-state index is 13.7. The second-order valence-electron chi connectivity index (χ2n) is 7.92. The van der Waals surface area contributed by atoms with E-state index in [4.69, 9.17) is 4.74 Å². The van der Waals surface area contributed by atoms with Crippen molar-refractivity contribution in [1.29, 1.82) is 0 Å². The van der Waals surface area contributed by atoms with Crippen molar-refractivity contribution in [3.63, 3.8) is 0 Å². The van der Waals surface area contributed by atoms with Gasteiger partial charge in [0.1, 0.15) is 11.5 Å². The predicted octanol–water partition coefficient (Wildman–Crippen LogP) is 4.36. The van der Waals surface area contributed by atoms with Crippen LogP contribution in [0.1, 0.15) is 11.4 Å². The molecule has 0 bridgehead atoms. The van der Waals surface area contributed by atoms with Gasteiger partial charge in [-0.1, -0.05) is 12.1 Å². The molecule has 4 aromatic rings. The fourth-order valence-electron chi connectivity index (χ4n) is 3.93. The summed E-state index contributed by atoms with van der Waals surface area (Å²) in [4.78, 5) is 26.1. The molecule has 0 spiro atoms. The van der Waals surface area contributed by atoms with Crippen molar-refractivity contribution in [2.75, 3.05) is 11.4 Å². The molecule has 0 radical (unpaired) electrons. The number of phenolic OH excluding ortho intramolecular Hbond substituents is 2. The van der Waals surface area contributed by atoms with Crippen LogP contribution < -0.4 is 9.64 Å². The quantitative estimate of drug-likeness (QED) is 0.447. The standard InChI is InChI=1S/C26H22N4O4/c31-20-7-9-22-24(13-20)34-25-14-21(32)8-10-23(25)30(22)26(33)17-29(15-18-5-1-3-11-27-18)16-19-6-2-4-12-28-19/h1-14,31-32H,15-17H2. The van der Waals surface area contributed by atoms with Crippen LogP contribution in [0.2, 0.25) is 0 Å². The minimum atomic E-state index is -0.200. The fourth-order valence-corrected chi connectivity index (χ4v) is 3.93. The Bertz CT molecular complexity index is 1220. The first kappa shape index (κ1) is 21.4. The van der Waals surface area contributed by atoms with E-state index in [2.05, 4.69) is 9.97 Å². The van der Waals surface area contributed by atoms with E-state index < -0.39 is 0 Å². The second-order valence-corrected chi connectivity index (χ2v) is 7.92. The van der Waals surface area contributed by atoms with E-state index in [0.717, 1.165) is 11.4 Å². The lowest BCUT2D eigenvalue weighted by Crippen LogP contribution is -2.39. The molecule has 170 valence electrons. The highest BCUT2D eigenvalue weighted by Crippen LogP contribution is 2.48. The number of aromatic hydroxyl groups is 2. The minimum Gasteiger partial charge on any atom is -0.508 e. The van der Waals surface area contributed by atoms with E-state index in [0.29, 0.717) is 36.0 Å². The second kappa shape index (κ2) is 9.21. The van der Waals surface area contributed by atoms with Crippen molar-refractivity contribution in [3.8, 4) is 23.0 Å². The Labute approximate surface area is 196 Å². The van der Waals surface area contributed by atoms with Crippen molar-refractivity contribution < 1.29 is 19.7 Å². The van der Waals surface area contributed by atoms with Crippen LogP contribution in [0.4, 0.5) is 11.4 Å². The lowest BCUT2D eigenvalue weighted by atomic mass is 10.1. The number of carbonyl (C=O) groups is 1. The molecule has 0 saturated carbocycles. The third-order valence-electron chi connectivity index (χ3n) is 5.42. The van der Waals surface area contributed by atoms with Gasteiger partial charge in [0.25, 0.3) is 0 Å². The van der Waals surface area contributed by atoms with Gasteiger partial charge in [0.15, 0.2) is 11.5 Å². The zero-order chi connectivity index (χ0) is 23.5. The van der Waals surface area contributed by atoms with Gasteiger partial charge in [-0.25, -0.2) is 0 Å². The van der Waals surface area contributed by atoms with E-state index in [-0.39, 0.29) is 24.0 Å². The molecule has 1 aliphatic rings. The summed E-state index contributed by atoms with van der Waals surface area (Å²) in [6.07, 6.45) is 3.45. The molecule has 8 heteroatoms. The first-order valence-electron chi connectivity index (χ1n) is 10.8. The Balaban J connectivity index is 1.48. The Morgan fingerprint density at radius 1 is 0.794 bits per heavy atom. The molecule has 1 aliphatic heterocycles. The third kappa shape index (κ3) is 4.53. The van der Waals surface area contributed by atoms with Crippen LogP contribution in [0.3, 0.4) is 0 Å². The largest absolute Gasteiger partial charge is 0.508 e. The Kier molecular flexibility index (Phi) is 5.80. The lowest BCUT2D eigenvalue weighted by molar-refractivity contribution is -0.119. The monoisotopic (exact) mass is 454 g/mol. The number of fused-ring (bicyclic) bond motifs is 2. The van der Waals surface area contributed by atoms with Gasteiger partial charge < -0.3 is 14.9 Å². The summed E-state index contributed by atoms with van der Waals surface area (Å²) in [6, 6.07) is 20.6. The van der Waals surface area contributed by atoms with Crippen molar-refractivity contribution in [1.82, 2.24) is 14.9 Å². The average molecular weight is 454 g/mol. The van der Waals surface area contributed by atoms with Crippen molar-refractivity contribution >= 4 is 17.3 Å². The highest BCUT2D eigenvalue weighted by atomic mass is 16.5. The molecule has 3 heterocycles. The zero-order valence-corrected chi connectivity index (χ0v) is 18.2. The number of anilines is 2. The van der Waals surface area contributed by atoms with E-state index in [1.165, 1.54) is 24.3 Å². The first-order valence-corrected chi connectivity index (χ1v) is 10.8. The van der Waals surface area contributed by atoms with Crippen molar-refractivity contribution in [2.45, 2.75) is 13.1 Å². The fraction of sp³-hybridized carbons (Fsp3) is 0.115. The van der Waals surface area contributed by atoms with Crippen LogP contribution in [0.15, 0.2) is 85.2 Å². The number of rotatable bonds is 6. The van der Waals surface area contributed by atoms with E-state index in [1.807, 2.05) is 41.3 Å². The molecule has 34 heavy (non-hydrogen) atoms. The predicted molar refractivity (Wildman–Crippen MR) is 126 cm³/mol. The summed E-state index contributed by atoms with van der Waals surface area (Å²) in [6.45, 7) is 0.991. The molecular formula is C26H22N4O4. The molecule has 0 saturated heterocycles. The molecule has 2 N–H and O–H groups in total. The molecule has 2 aromatic heterocycles. The van der Waals surface area contributed by atoms with Gasteiger partial charge in [-0.15, -0.1) is 0 Å². The minimum absolute atomic E-state index is 0.0154. The lowest BCUT2D eigenvalue weighted by Gasteiger charge is -2.33. The van der Waals surface area contributed by atoms with Gasteiger partial charge in [0.05, 0.1) is 29.3 Å². The van der Waals surface area contributed by atoms with Crippen LogP contribution in [-0.4, -0.2) is 37.5 Å². The van der Waals surface area contributed by atoms with E-state index >= 15 is 0 Å². The highest BCUT2D eigenvalue weighted by molar-refractivity contribution is 6.05. The highest BCUT2D eigenvalue weighted by Gasteiger charge is 2.31. The Morgan fingerprint density at radius 2 is 1.32 bits per heavy atom. The number of aromatic nitrogens is 2. The molecule has 2 aromatic carbocycles. The number of hydrogen-bond acceptors (Lipinski definition) is 7. The molecule has 0 fully saturated rings. The summed E-state index contributed by atoms with van der Waals surface area (Å²) in [7, 11) is 0. The van der Waals surface area contributed by atoms with Crippen molar-refractivity contribution in [3.05, 3.63) is 96.6 Å². The van der Waals surface area contributed by atoms with Gasteiger partial charge in [0.2, 0.25) is 5.91 Å². The maximum Gasteiger partial charge on any atom is 0.245 e. The number of pyridine rings is 2. The molecule has 8 nitrogen and oxygen atoms in total.